The van der Waals surface area contributed by atoms with E-state index in [0.717, 1.165) is 42.6 Å². The molecule has 1 N–H and O–H groups in total. The Labute approximate surface area is 172 Å². The van der Waals surface area contributed by atoms with E-state index in [2.05, 4.69) is 25.4 Å². The summed E-state index contributed by atoms with van der Waals surface area (Å²) in [6.45, 7) is 3.90. The number of halogens is 2. The molecule has 2 aromatic rings. The van der Waals surface area contributed by atoms with Crippen LogP contribution in [0.25, 0.3) is 0 Å². The van der Waals surface area contributed by atoms with Gasteiger partial charge in [-0.25, -0.2) is 15.4 Å². The summed E-state index contributed by atoms with van der Waals surface area (Å²) in [7, 11) is 0. The number of hydrazone groups is 1. The molecule has 1 amide bonds. The molecule has 3 rings (SSSR count). The summed E-state index contributed by atoms with van der Waals surface area (Å²) < 4.78 is 0. The lowest BCUT2D eigenvalue weighted by Crippen LogP contribution is -2.21. The topological polar surface area (TPSA) is 70.5 Å². The van der Waals surface area contributed by atoms with Crippen molar-refractivity contribution in [2.24, 2.45) is 5.10 Å². The zero-order valence-electron chi connectivity index (χ0n) is 14.8. The Morgan fingerprint density at radius 2 is 2.07 bits per heavy atom. The van der Waals surface area contributed by atoms with Gasteiger partial charge in [-0.2, -0.15) is 5.10 Å². The van der Waals surface area contributed by atoms with Crippen LogP contribution >= 0.6 is 35.0 Å². The van der Waals surface area contributed by atoms with E-state index in [4.69, 9.17) is 23.2 Å². The van der Waals surface area contributed by atoms with E-state index in [1.54, 1.807) is 18.2 Å². The maximum atomic E-state index is 12.0. The number of thioether (sulfide) groups is 1. The van der Waals surface area contributed by atoms with Gasteiger partial charge in [0.25, 0.3) is 0 Å². The molecule has 1 aromatic carbocycles. The van der Waals surface area contributed by atoms with Gasteiger partial charge in [0.2, 0.25) is 11.9 Å². The molecular weight excluding hydrogens is 405 g/mol. The first-order chi connectivity index (χ1) is 13.0. The molecular formula is C18H19Cl2N5OS. The van der Waals surface area contributed by atoms with Crippen LogP contribution in [0.2, 0.25) is 10.0 Å². The smallest absolute Gasteiger partial charge is 0.250 e. The lowest BCUT2D eigenvalue weighted by atomic mass is 10.2. The van der Waals surface area contributed by atoms with Crippen LogP contribution in [0.3, 0.4) is 0 Å². The fraction of sp³-hybridized carbons (Fsp3) is 0.333. The van der Waals surface area contributed by atoms with Crippen molar-refractivity contribution >= 4 is 53.0 Å². The number of aromatic nitrogens is 2. The second kappa shape index (κ2) is 9.39. The van der Waals surface area contributed by atoms with Crippen LogP contribution < -0.4 is 10.3 Å². The molecule has 1 aromatic heterocycles. The zero-order chi connectivity index (χ0) is 19.2. The summed E-state index contributed by atoms with van der Waals surface area (Å²) in [5, 5.41) is 5.74. The highest BCUT2D eigenvalue weighted by Crippen LogP contribution is 2.22. The van der Waals surface area contributed by atoms with Gasteiger partial charge in [-0.1, -0.05) is 41.0 Å². The molecule has 1 saturated heterocycles. The number of hydrogen-bond donors (Lipinski definition) is 1. The lowest BCUT2D eigenvalue weighted by molar-refractivity contribution is -0.118. The highest BCUT2D eigenvalue weighted by atomic mass is 35.5. The van der Waals surface area contributed by atoms with Crippen LogP contribution in [-0.4, -0.2) is 40.9 Å². The Morgan fingerprint density at radius 1 is 1.30 bits per heavy atom. The van der Waals surface area contributed by atoms with E-state index in [9.17, 15) is 4.79 Å². The molecule has 0 unspecified atom stereocenters. The van der Waals surface area contributed by atoms with E-state index in [1.807, 2.05) is 13.0 Å². The van der Waals surface area contributed by atoms with Gasteiger partial charge in [0.05, 0.1) is 17.0 Å². The lowest BCUT2D eigenvalue weighted by Gasteiger charge is -2.16. The van der Waals surface area contributed by atoms with Gasteiger partial charge in [0, 0.05) is 29.4 Å². The molecule has 1 aliphatic heterocycles. The molecule has 0 radical (unpaired) electrons. The quantitative estimate of drug-likeness (QED) is 0.329. The van der Waals surface area contributed by atoms with Crippen molar-refractivity contribution in [3.63, 3.8) is 0 Å². The summed E-state index contributed by atoms with van der Waals surface area (Å²) in [6.07, 6.45) is 3.82. The number of nitrogens with zero attached hydrogens (tertiary/aromatic N) is 4. The average Bonchev–Trinajstić information content (AvgIpc) is 3.16. The van der Waals surface area contributed by atoms with Gasteiger partial charge in [-0.15, -0.1) is 0 Å². The molecule has 27 heavy (non-hydrogen) atoms. The molecule has 9 heteroatoms. The maximum absolute atomic E-state index is 12.0. The monoisotopic (exact) mass is 423 g/mol. The zero-order valence-corrected chi connectivity index (χ0v) is 17.1. The molecule has 0 spiro atoms. The van der Waals surface area contributed by atoms with Gasteiger partial charge < -0.3 is 4.90 Å². The van der Waals surface area contributed by atoms with Crippen molar-refractivity contribution in [3.8, 4) is 0 Å². The van der Waals surface area contributed by atoms with E-state index >= 15 is 0 Å². The Morgan fingerprint density at radius 3 is 2.81 bits per heavy atom. The van der Waals surface area contributed by atoms with Crippen LogP contribution in [0.1, 0.15) is 24.1 Å². The third-order valence-corrected chi connectivity index (χ3v) is 5.39. The van der Waals surface area contributed by atoms with Crippen LogP contribution in [0.4, 0.5) is 5.95 Å². The fourth-order valence-corrected chi connectivity index (χ4v) is 3.81. The Bertz CT molecular complexity index is 856. The summed E-state index contributed by atoms with van der Waals surface area (Å²) in [5.41, 5.74) is 4.06. The molecule has 6 nitrogen and oxygen atoms in total. The first kappa shape index (κ1) is 19.9. The predicted molar refractivity (Wildman–Crippen MR) is 111 cm³/mol. The number of benzene rings is 1. The minimum Gasteiger partial charge on any atom is -0.341 e. The number of rotatable bonds is 6. The fourth-order valence-electron chi connectivity index (χ4n) is 2.61. The molecule has 1 fully saturated rings. The van der Waals surface area contributed by atoms with E-state index in [-0.39, 0.29) is 11.7 Å². The van der Waals surface area contributed by atoms with Crippen molar-refractivity contribution in [3.05, 3.63) is 45.6 Å². The number of amides is 1. The molecule has 1 aliphatic rings. The summed E-state index contributed by atoms with van der Waals surface area (Å²) >= 11 is 13.3. The van der Waals surface area contributed by atoms with Gasteiger partial charge in [-0.05, 0) is 38.0 Å². The number of carbonyl (C=O) groups is 1. The van der Waals surface area contributed by atoms with Crippen LogP contribution in [0.5, 0.6) is 0 Å². The standard InChI is InChI=1S/C18H19Cl2N5OS/c1-12-8-17(23-18(22-12)25-6-2-3-7-25)27-11-16(26)24-21-10-13-4-5-14(19)9-15(13)20/h4-5,8-10H,2-3,6-7,11H2,1H3,(H,24,26). The molecule has 142 valence electrons. The molecule has 0 bridgehead atoms. The van der Waals surface area contributed by atoms with Gasteiger partial charge in [0.1, 0.15) is 5.03 Å². The first-order valence-electron chi connectivity index (χ1n) is 8.51. The summed E-state index contributed by atoms with van der Waals surface area (Å²) in [6, 6.07) is 6.95. The van der Waals surface area contributed by atoms with E-state index in [0.29, 0.717) is 15.6 Å². The van der Waals surface area contributed by atoms with E-state index < -0.39 is 0 Å². The van der Waals surface area contributed by atoms with Crippen LogP contribution in [0, 0.1) is 6.92 Å². The maximum Gasteiger partial charge on any atom is 0.250 e. The SMILES string of the molecule is Cc1cc(SCC(=O)NN=Cc2ccc(Cl)cc2Cl)nc(N2CCCC2)n1. The normalized spacial score (nSPS) is 14.1. The predicted octanol–water partition coefficient (Wildman–Crippen LogP) is 3.93. The van der Waals surface area contributed by atoms with Gasteiger partial charge >= 0.3 is 0 Å². The number of anilines is 1. The van der Waals surface area contributed by atoms with Crippen LogP contribution in [0.15, 0.2) is 34.4 Å². The number of aryl methyl sites for hydroxylation is 1. The van der Waals surface area contributed by atoms with Crippen molar-refractivity contribution < 1.29 is 4.79 Å². The summed E-state index contributed by atoms with van der Waals surface area (Å²) in [5.74, 6) is 0.729. The Kier molecular flexibility index (Phi) is 6.93. The highest BCUT2D eigenvalue weighted by molar-refractivity contribution is 7.99. The van der Waals surface area contributed by atoms with E-state index in [1.165, 1.54) is 18.0 Å². The van der Waals surface area contributed by atoms with Crippen molar-refractivity contribution in [2.45, 2.75) is 24.8 Å². The van der Waals surface area contributed by atoms with Gasteiger partial charge in [-0.3, -0.25) is 4.79 Å². The molecule has 0 atom stereocenters. The number of nitrogens with one attached hydrogen (secondary N) is 1. The second-order valence-electron chi connectivity index (χ2n) is 6.09. The number of hydrogen-bond acceptors (Lipinski definition) is 6. The third kappa shape index (κ3) is 5.82. The first-order valence-corrected chi connectivity index (χ1v) is 10.3. The van der Waals surface area contributed by atoms with Crippen molar-refractivity contribution in [1.29, 1.82) is 0 Å². The largest absolute Gasteiger partial charge is 0.341 e. The highest BCUT2D eigenvalue weighted by Gasteiger charge is 2.16. The molecule has 2 heterocycles. The Hall–Kier alpha value is -1.83. The third-order valence-electron chi connectivity index (χ3n) is 3.91. The molecule has 0 saturated carbocycles. The van der Waals surface area contributed by atoms with Crippen LogP contribution in [-0.2, 0) is 4.79 Å². The average molecular weight is 424 g/mol. The number of carbonyl (C=O) groups excluding carboxylic acids is 1. The molecule has 0 aliphatic carbocycles. The Balaban J connectivity index is 1.53. The van der Waals surface area contributed by atoms with Crippen molar-refractivity contribution in [2.75, 3.05) is 23.7 Å². The second-order valence-corrected chi connectivity index (χ2v) is 7.93. The summed E-state index contributed by atoms with van der Waals surface area (Å²) in [4.78, 5) is 23.3. The van der Waals surface area contributed by atoms with Gasteiger partial charge in [0.15, 0.2) is 0 Å². The minimum atomic E-state index is -0.222. The minimum absolute atomic E-state index is 0.210. The van der Waals surface area contributed by atoms with Crippen molar-refractivity contribution in [1.82, 2.24) is 15.4 Å².